The van der Waals surface area contributed by atoms with Crippen LogP contribution < -0.4 is 5.32 Å². The van der Waals surface area contributed by atoms with Crippen molar-refractivity contribution >= 4 is 12.4 Å². The fourth-order valence-electron chi connectivity index (χ4n) is 2.21. The van der Waals surface area contributed by atoms with Crippen LogP contribution in [0.15, 0.2) is 35.0 Å². The van der Waals surface area contributed by atoms with Gasteiger partial charge in [0.1, 0.15) is 0 Å². The number of benzene rings is 1. The molecule has 0 aliphatic carbocycles. The molecule has 3 rings (SSSR count). The van der Waals surface area contributed by atoms with E-state index < -0.39 is 11.7 Å². The molecule has 1 N–H and O–H groups in total. The summed E-state index contributed by atoms with van der Waals surface area (Å²) in [5, 5.41) is 14.5. The Morgan fingerprint density at radius 3 is 2.69 bits per heavy atom. The van der Waals surface area contributed by atoms with Gasteiger partial charge >= 0.3 is 6.18 Å². The monoisotopic (exact) mass is 388 g/mol. The van der Waals surface area contributed by atoms with Crippen LogP contribution in [0.4, 0.5) is 13.2 Å². The Morgan fingerprint density at radius 1 is 1.27 bits per heavy atom. The maximum atomic E-state index is 13.1. The number of aromatic nitrogens is 5. The SMILES string of the molecule is CNC(C)Cc1noc(-c2cn(-c3ccccc3C(F)(F)F)nn2)n1.Cl. The topological polar surface area (TPSA) is 81.7 Å². The quantitative estimate of drug-likeness (QED) is 0.723. The molecule has 1 unspecified atom stereocenters. The van der Waals surface area contributed by atoms with Crippen LogP contribution in [0.2, 0.25) is 0 Å². The van der Waals surface area contributed by atoms with Gasteiger partial charge in [0, 0.05) is 12.5 Å². The Morgan fingerprint density at radius 2 is 2.00 bits per heavy atom. The second-order valence-electron chi connectivity index (χ2n) is 5.47. The van der Waals surface area contributed by atoms with Crippen LogP contribution in [0.25, 0.3) is 17.3 Å². The Kier molecular flexibility index (Phi) is 5.98. The first-order valence-electron chi connectivity index (χ1n) is 7.47. The minimum absolute atomic E-state index is 0. The molecule has 2 aromatic heterocycles. The van der Waals surface area contributed by atoms with Gasteiger partial charge in [0.2, 0.25) is 0 Å². The summed E-state index contributed by atoms with van der Waals surface area (Å²) in [6.45, 7) is 1.96. The molecule has 0 fully saturated rings. The number of para-hydroxylation sites is 1. The molecule has 0 bridgehead atoms. The summed E-state index contributed by atoms with van der Waals surface area (Å²) in [4.78, 5) is 4.19. The molecular formula is C15H16ClF3N6O. The highest BCUT2D eigenvalue weighted by Crippen LogP contribution is 2.33. The van der Waals surface area contributed by atoms with Crippen molar-refractivity contribution in [2.75, 3.05) is 7.05 Å². The zero-order valence-corrected chi connectivity index (χ0v) is 14.7. The predicted molar refractivity (Wildman–Crippen MR) is 89.1 cm³/mol. The standard InChI is InChI=1S/C15H15F3N6O.ClH/c1-9(19-2)7-13-20-14(25-22-13)11-8-24(23-21-11)12-6-4-3-5-10(12)15(16,17)18;/h3-6,8-9,19H,7H2,1-2H3;1H. The highest BCUT2D eigenvalue weighted by Gasteiger charge is 2.34. The second kappa shape index (κ2) is 7.83. The maximum Gasteiger partial charge on any atom is 0.418 e. The smallest absolute Gasteiger partial charge is 0.332 e. The number of hydrogen-bond acceptors (Lipinski definition) is 6. The fourth-order valence-corrected chi connectivity index (χ4v) is 2.21. The normalized spacial score (nSPS) is 12.7. The van der Waals surface area contributed by atoms with Gasteiger partial charge in [-0.15, -0.1) is 17.5 Å². The van der Waals surface area contributed by atoms with Gasteiger partial charge in [0.05, 0.1) is 17.4 Å². The van der Waals surface area contributed by atoms with E-state index in [1.807, 2.05) is 14.0 Å². The van der Waals surface area contributed by atoms with Crippen molar-refractivity contribution in [3.05, 3.63) is 41.9 Å². The van der Waals surface area contributed by atoms with Crippen molar-refractivity contribution in [3.8, 4) is 17.3 Å². The number of nitrogens with zero attached hydrogens (tertiary/aromatic N) is 5. The molecule has 0 saturated carbocycles. The number of rotatable bonds is 5. The van der Waals surface area contributed by atoms with Gasteiger partial charge in [0.15, 0.2) is 11.5 Å². The Labute approximate surface area is 153 Å². The molecule has 140 valence electrons. The summed E-state index contributed by atoms with van der Waals surface area (Å²) in [6.07, 6.45) is -2.63. The van der Waals surface area contributed by atoms with E-state index in [9.17, 15) is 13.2 Å². The van der Waals surface area contributed by atoms with Crippen LogP contribution in [0.1, 0.15) is 18.3 Å². The lowest BCUT2D eigenvalue weighted by atomic mass is 10.1. The number of halogens is 4. The average molecular weight is 389 g/mol. The van der Waals surface area contributed by atoms with E-state index in [2.05, 4.69) is 25.8 Å². The van der Waals surface area contributed by atoms with E-state index in [1.54, 1.807) is 0 Å². The molecule has 7 nitrogen and oxygen atoms in total. The minimum Gasteiger partial charge on any atom is -0.332 e. The van der Waals surface area contributed by atoms with E-state index in [0.29, 0.717) is 12.2 Å². The van der Waals surface area contributed by atoms with Crippen LogP contribution in [0.5, 0.6) is 0 Å². The molecule has 0 aliphatic heterocycles. The lowest BCUT2D eigenvalue weighted by Gasteiger charge is -2.11. The highest BCUT2D eigenvalue weighted by molar-refractivity contribution is 5.85. The average Bonchev–Trinajstić information content (AvgIpc) is 3.23. The lowest BCUT2D eigenvalue weighted by molar-refractivity contribution is -0.137. The summed E-state index contributed by atoms with van der Waals surface area (Å²) in [5.41, 5.74) is -0.731. The van der Waals surface area contributed by atoms with E-state index in [1.165, 1.54) is 24.4 Å². The van der Waals surface area contributed by atoms with Crippen molar-refractivity contribution in [3.63, 3.8) is 0 Å². The zero-order chi connectivity index (χ0) is 18.0. The van der Waals surface area contributed by atoms with E-state index in [-0.39, 0.29) is 35.7 Å². The largest absolute Gasteiger partial charge is 0.418 e. The van der Waals surface area contributed by atoms with Gasteiger partial charge in [-0.1, -0.05) is 22.5 Å². The van der Waals surface area contributed by atoms with Crippen LogP contribution in [-0.4, -0.2) is 38.2 Å². The molecule has 2 heterocycles. The van der Waals surface area contributed by atoms with Crippen LogP contribution >= 0.6 is 12.4 Å². The Hall–Kier alpha value is -2.46. The Bertz CT molecular complexity index is 863. The summed E-state index contributed by atoms with van der Waals surface area (Å²) >= 11 is 0. The van der Waals surface area contributed by atoms with Crippen LogP contribution in [-0.2, 0) is 12.6 Å². The summed E-state index contributed by atoms with van der Waals surface area (Å²) < 4.78 is 45.5. The van der Waals surface area contributed by atoms with E-state index in [0.717, 1.165) is 10.7 Å². The molecule has 0 spiro atoms. The van der Waals surface area contributed by atoms with Crippen molar-refractivity contribution in [1.82, 2.24) is 30.5 Å². The first-order valence-corrected chi connectivity index (χ1v) is 7.47. The van der Waals surface area contributed by atoms with E-state index >= 15 is 0 Å². The number of nitrogens with one attached hydrogen (secondary N) is 1. The fraction of sp³-hybridized carbons (Fsp3) is 0.333. The maximum absolute atomic E-state index is 13.1. The summed E-state index contributed by atoms with van der Waals surface area (Å²) in [5.74, 6) is 0.580. The van der Waals surface area contributed by atoms with Crippen molar-refractivity contribution < 1.29 is 17.7 Å². The first-order chi connectivity index (χ1) is 11.9. The number of alkyl halides is 3. The molecule has 1 aromatic carbocycles. The van der Waals surface area contributed by atoms with Gasteiger partial charge in [-0.25, -0.2) is 4.68 Å². The third-order valence-electron chi connectivity index (χ3n) is 3.62. The van der Waals surface area contributed by atoms with Crippen molar-refractivity contribution in [2.24, 2.45) is 0 Å². The van der Waals surface area contributed by atoms with Gasteiger partial charge < -0.3 is 9.84 Å². The molecule has 0 amide bonds. The van der Waals surface area contributed by atoms with E-state index in [4.69, 9.17) is 4.52 Å². The Balaban J connectivity index is 0.00000243. The summed E-state index contributed by atoms with van der Waals surface area (Å²) in [6, 6.07) is 5.27. The third-order valence-corrected chi connectivity index (χ3v) is 3.62. The predicted octanol–water partition coefficient (Wildman–Crippen LogP) is 2.91. The first kappa shape index (κ1) is 19.9. The molecule has 26 heavy (non-hydrogen) atoms. The van der Waals surface area contributed by atoms with Gasteiger partial charge in [0.25, 0.3) is 5.89 Å². The molecule has 0 radical (unpaired) electrons. The van der Waals surface area contributed by atoms with Gasteiger partial charge in [-0.3, -0.25) is 0 Å². The molecule has 0 aliphatic rings. The van der Waals surface area contributed by atoms with Crippen molar-refractivity contribution in [1.29, 1.82) is 0 Å². The zero-order valence-electron chi connectivity index (χ0n) is 13.9. The lowest BCUT2D eigenvalue weighted by Crippen LogP contribution is -2.24. The highest BCUT2D eigenvalue weighted by atomic mass is 35.5. The van der Waals surface area contributed by atoms with Gasteiger partial charge in [-0.2, -0.15) is 18.2 Å². The third kappa shape index (κ3) is 4.20. The molecule has 1 atom stereocenters. The number of likely N-dealkylation sites (N-methyl/N-ethyl adjacent to an activating group) is 1. The minimum atomic E-state index is -4.50. The van der Waals surface area contributed by atoms with Gasteiger partial charge in [-0.05, 0) is 26.1 Å². The van der Waals surface area contributed by atoms with Crippen LogP contribution in [0.3, 0.4) is 0 Å². The summed E-state index contributed by atoms with van der Waals surface area (Å²) in [7, 11) is 1.81. The van der Waals surface area contributed by atoms with Crippen molar-refractivity contribution in [2.45, 2.75) is 25.6 Å². The molecule has 0 saturated heterocycles. The second-order valence-corrected chi connectivity index (χ2v) is 5.47. The van der Waals surface area contributed by atoms with Crippen LogP contribution in [0, 0.1) is 0 Å². The molecular weight excluding hydrogens is 373 g/mol. The molecule has 11 heteroatoms. The number of hydrogen-bond donors (Lipinski definition) is 1. The molecule has 3 aromatic rings.